The number of hydrogen-bond donors (Lipinski definition) is 1. The molecule has 1 aromatic heterocycles. The summed E-state index contributed by atoms with van der Waals surface area (Å²) in [6, 6.07) is 8.23. The number of aromatic nitrogens is 2. The van der Waals surface area contributed by atoms with Crippen molar-refractivity contribution in [2.24, 2.45) is 5.92 Å². The number of hydrogen-bond acceptors (Lipinski definition) is 3. The summed E-state index contributed by atoms with van der Waals surface area (Å²) in [5.41, 5.74) is 0.189. The van der Waals surface area contributed by atoms with E-state index in [1.165, 1.54) is 35.0 Å². The van der Waals surface area contributed by atoms with Gasteiger partial charge in [0.25, 0.3) is 11.5 Å². The van der Waals surface area contributed by atoms with Gasteiger partial charge in [0.2, 0.25) is 0 Å². The van der Waals surface area contributed by atoms with E-state index in [1.807, 2.05) is 13.8 Å². The highest BCUT2D eigenvalue weighted by atomic mass is 19.1. The number of nitrogens with one attached hydrogen (secondary N) is 1. The molecule has 1 heterocycles. The number of amides is 1. The molecule has 0 aliphatic carbocycles. The van der Waals surface area contributed by atoms with Crippen LogP contribution in [0, 0.1) is 11.7 Å². The summed E-state index contributed by atoms with van der Waals surface area (Å²) in [4.78, 5) is 23.7. The van der Waals surface area contributed by atoms with Crippen LogP contribution in [0.3, 0.4) is 0 Å². The van der Waals surface area contributed by atoms with Gasteiger partial charge in [-0.2, -0.15) is 5.10 Å². The van der Waals surface area contributed by atoms with Crippen LogP contribution in [-0.2, 0) is 6.54 Å². The summed E-state index contributed by atoms with van der Waals surface area (Å²) >= 11 is 0. The fourth-order valence-corrected chi connectivity index (χ4v) is 1.81. The first-order chi connectivity index (χ1) is 9.95. The van der Waals surface area contributed by atoms with E-state index in [2.05, 4.69) is 10.4 Å². The third-order valence-corrected chi connectivity index (χ3v) is 2.72. The number of halogens is 1. The Morgan fingerprint density at radius 3 is 2.76 bits per heavy atom. The molecule has 1 amide bonds. The SMILES string of the molecule is CC(C)Cn1nc(C(=O)Nc2cccc(F)c2)ccc1=O. The third-order valence-electron chi connectivity index (χ3n) is 2.72. The van der Waals surface area contributed by atoms with E-state index in [1.54, 1.807) is 6.07 Å². The number of rotatable bonds is 4. The van der Waals surface area contributed by atoms with Gasteiger partial charge in [0.1, 0.15) is 11.5 Å². The Hall–Kier alpha value is -2.50. The second-order valence-electron chi connectivity index (χ2n) is 5.10. The highest BCUT2D eigenvalue weighted by Crippen LogP contribution is 2.10. The number of carbonyl (C=O) groups is 1. The minimum Gasteiger partial charge on any atom is -0.320 e. The van der Waals surface area contributed by atoms with Crippen molar-refractivity contribution < 1.29 is 9.18 Å². The molecule has 0 bridgehead atoms. The highest BCUT2D eigenvalue weighted by Gasteiger charge is 2.11. The fraction of sp³-hybridized carbons (Fsp3) is 0.267. The molecule has 0 fully saturated rings. The minimum atomic E-state index is -0.488. The van der Waals surface area contributed by atoms with Crippen LogP contribution in [0.1, 0.15) is 24.3 Å². The molecule has 21 heavy (non-hydrogen) atoms. The van der Waals surface area contributed by atoms with Crippen LogP contribution in [0.4, 0.5) is 10.1 Å². The molecule has 5 nitrogen and oxygen atoms in total. The lowest BCUT2D eigenvalue weighted by molar-refractivity contribution is 0.101. The van der Waals surface area contributed by atoms with Crippen LogP contribution >= 0.6 is 0 Å². The maximum atomic E-state index is 13.1. The molecule has 0 saturated carbocycles. The van der Waals surface area contributed by atoms with Gasteiger partial charge in [-0.15, -0.1) is 0 Å². The van der Waals surface area contributed by atoms with Gasteiger partial charge in [-0.1, -0.05) is 19.9 Å². The van der Waals surface area contributed by atoms with E-state index >= 15 is 0 Å². The highest BCUT2D eigenvalue weighted by molar-refractivity contribution is 6.02. The lowest BCUT2D eigenvalue weighted by atomic mass is 10.2. The molecular formula is C15H16FN3O2. The van der Waals surface area contributed by atoms with Crippen molar-refractivity contribution in [1.82, 2.24) is 9.78 Å². The van der Waals surface area contributed by atoms with E-state index in [9.17, 15) is 14.0 Å². The van der Waals surface area contributed by atoms with Crippen molar-refractivity contribution in [1.29, 1.82) is 0 Å². The molecule has 0 unspecified atom stereocenters. The molecule has 1 N–H and O–H groups in total. The Bertz CT molecular complexity index is 710. The van der Waals surface area contributed by atoms with Gasteiger partial charge in [-0.25, -0.2) is 9.07 Å². The second kappa shape index (κ2) is 6.30. The van der Waals surface area contributed by atoms with Gasteiger partial charge < -0.3 is 5.32 Å². The van der Waals surface area contributed by atoms with Crippen LogP contribution in [0.5, 0.6) is 0 Å². The van der Waals surface area contributed by atoms with Gasteiger partial charge in [-0.3, -0.25) is 9.59 Å². The number of anilines is 1. The molecule has 6 heteroatoms. The second-order valence-corrected chi connectivity index (χ2v) is 5.10. The van der Waals surface area contributed by atoms with Crippen LogP contribution in [-0.4, -0.2) is 15.7 Å². The van der Waals surface area contributed by atoms with Gasteiger partial charge in [0, 0.05) is 18.3 Å². The molecule has 0 aliphatic heterocycles. The Morgan fingerprint density at radius 1 is 1.33 bits per heavy atom. The Labute approximate surface area is 121 Å². The van der Waals surface area contributed by atoms with Crippen molar-refractivity contribution in [2.75, 3.05) is 5.32 Å². The van der Waals surface area contributed by atoms with Crippen LogP contribution < -0.4 is 10.9 Å². The summed E-state index contributed by atoms with van der Waals surface area (Å²) in [7, 11) is 0. The van der Waals surface area contributed by atoms with Crippen LogP contribution in [0.25, 0.3) is 0 Å². The minimum absolute atomic E-state index is 0.111. The zero-order valence-electron chi connectivity index (χ0n) is 11.8. The van der Waals surface area contributed by atoms with E-state index in [4.69, 9.17) is 0 Å². The van der Waals surface area contributed by atoms with Crippen molar-refractivity contribution in [3.63, 3.8) is 0 Å². The zero-order chi connectivity index (χ0) is 15.4. The molecule has 2 aromatic rings. The first-order valence-electron chi connectivity index (χ1n) is 6.61. The molecule has 2 rings (SSSR count). The number of nitrogens with zero attached hydrogens (tertiary/aromatic N) is 2. The van der Waals surface area contributed by atoms with Gasteiger partial charge >= 0.3 is 0 Å². The topological polar surface area (TPSA) is 64.0 Å². The van der Waals surface area contributed by atoms with Gasteiger partial charge in [-0.05, 0) is 30.2 Å². The standard InChI is InChI=1S/C15H16FN3O2/c1-10(2)9-19-14(20)7-6-13(18-19)15(21)17-12-5-3-4-11(16)8-12/h3-8,10H,9H2,1-2H3,(H,17,21). The maximum Gasteiger partial charge on any atom is 0.276 e. The normalized spacial score (nSPS) is 10.7. The summed E-state index contributed by atoms with van der Waals surface area (Å²) in [6.45, 7) is 4.33. The number of carbonyl (C=O) groups excluding carboxylic acids is 1. The van der Waals surface area contributed by atoms with E-state index in [0.717, 1.165) is 0 Å². The Kier molecular flexibility index (Phi) is 4.47. The predicted octanol–water partition coefficient (Wildman–Crippen LogP) is 2.29. The maximum absolute atomic E-state index is 13.1. The lowest BCUT2D eigenvalue weighted by Gasteiger charge is -2.09. The Morgan fingerprint density at radius 2 is 2.10 bits per heavy atom. The molecule has 0 radical (unpaired) electrons. The van der Waals surface area contributed by atoms with E-state index < -0.39 is 11.7 Å². The van der Waals surface area contributed by atoms with Gasteiger partial charge in [0.05, 0.1) is 0 Å². The first-order valence-corrected chi connectivity index (χ1v) is 6.61. The molecule has 110 valence electrons. The largest absolute Gasteiger partial charge is 0.320 e. The fourth-order valence-electron chi connectivity index (χ4n) is 1.81. The average Bonchev–Trinajstić information content (AvgIpc) is 2.40. The smallest absolute Gasteiger partial charge is 0.276 e. The third kappa shape index (κ3) is 3.98. The van der Waals surface area contributed by atoms with Crippen molar-refractivity contribution >= 4 is 11.6 Å². The van der Waals surface area contributed by atoms with E-state index in [-0.39, 0.29) is 17.2 Å². The van der Waals surface area contributed by atoms with Gasteiger partial charge in [0.15, 0.2) is 0 Å². The van der Waals surface area contributed by atoms with Crippen molar-refractivity contribution in [3.05, 3.63) is 58.3 Å². The Balaban J connectivity index is 2.21. The monoisotopic (exact) mass is 289 g/mol. The molecule has 0 saturated heterocycles. The summed E-state index contributed by atoms with van der Waals surface area (Å²) < 4.78 is 14.3. The zero-order valence-corrected chi connectivity index (χ0v) is 11.8. The summed E-state index contributed by atoms with van der Waals surface area (Å²) in [5, 5.41) is 6.57. The molecule has 0 aliphatic rings. The quantitative estimate of drug-likeness (QED) is 0.939. The molecule has 0 atom stereocenters. The number of benzene rings is 1. The van der Waals surface area contributed by atoms with Crippen molar-refractivity contribution in [3.8, 4) is 0 Å². The molecule has 1 aromatic carbocycles. The van der Waals surface area contributed by atoms with Crippen LogP contribution in [0.2, 0.25) is 0 Å². The summed E-state index contributed by atoms with van der Waals surface area (Å²) in [5.74, 6) is -0.694. The molecular weight excluding hydrogens is 273 g/mol. The van der Waals surface area contributed by atoms with E-state index in [0.29, 0.717) is 12.2 Å². The first kappa shape index (κ1) is 14.9. The van der Waals surface area contributed by atoms with Crippen LogP contribution in [0.15, 0.2) is 41.2 Å². The molecule has 0 spiro atoms. The predicted molar refractivity (Wildman–Crippen MR) is 77.7 cm³/mol. The lowest BCUT2D eigenvalue weighted by Crippen LogP contribution is -2.27. The average molecular weight is 289 g/mol. The van der Waals surface area contributed by atoms with Crippen molar-refractivity contribution in [2.45, 2.75) is 20.4 Å². The summed E-state index contributed by atoms with van der Waals surface area (Å²) in [6.07, 6.45) is 0.